The molecule has 3 aliphatic heterocycles. The average molecular weight is 640 g/mol. The number of carbonyl (C=O) groups is 3. The molecule has 11 nitrogen and oxygen atoms in total. The van der Waals surface area contributed by atoms with Gasteiger partial charge in [-0.3, -0.25) is 19.4 Å². The van der Waals surface area contributed by atoms with Gasteiger partial charge in [0.1, 0.15) is 23.4 Å². The first kappa shape index (κ1) is 30.1. The van der Waals surface area contributed by atoms with Gasteiger partial charge in [0.25, 0.3) is 5.91 Å². The molecule has 1 spiro atoms. The third kappa shape index (κ3) is 7.21. The minimum Gasteiger partial charge on any atom is -0.457 e. The number of nitrogens with one attached hydrogen (secondary N) is 3. The predicted molar refractivity (Wildman–Crippen MR) is 165 cm³/mol. The van der Waals surface area contributed by atoms with Crippen molar-refractivity contribution in [3.05, 3.63) is 76.2 Å². The Hall–Kier alpha value is -3.98. The van der Waals surface area contributed by atoms with Gasteiger partial charge in [0.15, 0.2) is 11.0 Å². The fraction of sp³-hybridized carbons (Fsp3) is 0.333. The lowest BCUT2D eigenvalue weighted by atomic mass is 10.1. The molecule has 4 heterocycles. The van der Waals surface area contributed by atoms with Crippen molar-refractivity contribution in [2.45, 2.75) is 24.8 Å². The number of amidine groups is 1. The van der Waals surface area contributed by atoms with Gasteiger partial charge >= 0.3 is 0 Å². The Bertz CT molecular complexity index is 1540. The molecule has 14 heteroatoms. The summed E-state index contributed by atoms with van der Waals surface area (Å²) in [5.41, 5.74) is 1.24. The normalized spacial score (nSPS) is 18.7. The van der Waals surface area contributed by atoms with Gasteiger partial charge < -0.3 is 35.1 Å². The SMILES string of the molecule is O=C(NCC(=O)N1CC2(C[C@H]1C(=O)NCc1cc(NC3=NCCS3)cs1)OCCO2)c1ccc(Oc2ccc(F)cc2)cc1. The molecule has 3 amide bonds. The fourth-order valence-electron chi connectivity index (χ4n) is 5.08. The number of carbonyl (C=O) groups excluding carboxylic acids is 3. The van der Waals surface area contributed by atoms with Gasteiger partial charge in [-0.05, 0) is 54.6 Å². The molecule has 1 aromatic heterocycles. The Balaban J connectivity index is 1.03. The highest BCUT2D eigenvalue weighted by molar-refractivity contribution is 8.14. The van der Waals surface area contributed by atoms with Crippen LogP contribution in [-0.4, -0.2) is 78.2 Å². The molecule has 0 aliphatic carbocycles. The summed E-state index contributed by atoms with van der Waals surface area (Å²) in [6.45, 7) is 1.63. The van der Waals surface area contributed by atoms with Crippen LogP contribution in [0.4, 0.5) is 10.1 Å². The zero-order valence-corrected chi connectivity index (χ0v) is 25.2. The molecule has 6 rings (SSSR count). The molecule has 3 aliphatic rings. The lowest BCUT2D eigenvalue weighted by molar-refractivity contribution is -0.152. The maximum Gasteiger partial charge on any atom is 0.251 e. The largest absolute Gasteiger partial charge is 0.457 e. The van der Waals surface area contributed by atoms with Gasteiger partial charge in [-0.1, -0.05) is 11.8 Å². The van der Waals surface area contributed by atoms with Crippen LogP contribution < -0.4 is 20.7 Å². The number of anilines is 1. The molecule has 3 aromatic rings. The van der Waals surface area contributed by atoms with Gasteiger partial charge in [0, 0.05) is 28.0 Å². The smallest absolute Gasteiger partial charge is 0.251 e. The monoisotopic (exact) mass is 639 g/mol. The van der Waals surface area contributed by atoms with Gasteiger partial charge in [-0.15, -0.1) is 11.3 Å². The van der Waals surface area contributed by atoms with Crippen LogP contribution in [0.25, 0.3) is 0 Å². The molecular formula is C30H30FN5O6S2. The van der Waals surface area contributed by atoms with Gasteiger partial charge in [0.2, 0.25) is 11.8 Å². The van der Waals surface area contributed by atoms with E-state index in [9.17, 15) is 18.8 Å². The van der Waals surface area contributed by atoms with Crippen LogP contribution in [0.1, 0.15) is 21.7 Å². The van der Waals surface area contributed by atoms with E-state index in [4.69, 9.17) is 14.2 Å². The Morgan fingerprint density at radius 2 is 1.77 bits per heavy atom. The van der Waals surface area contributed by atoms with Crippen LogP contribution >= 0.6 is 23.1 Å². The van der Waals surface area contributed by atoms with E-state index in [1.165, 1.54) is 40.5 Å². The van der Waals surface area contributed by atoms with Crippen molar-refractivity contribution in [3.8, 4) is 11.5 Å². The third-order valence-electron chi connectivity index (χ3n) is 7.22. The molecule has 2 fully saturated rings. The first-order valence-corrected chi connectivity index (χ1v) is 15.9. The number of benzene rings is 2. The number of thiophene rings is 1. The molecule has 0 saturated carbocycles. The van der Waals surface area contributed by atoms with Crippen molar-refractivity contribution in [1.82, 2.24) is 15.5 Å². The molecule has 230 valence electrons. The number of halogens is 1. The molecule has 2 aromatic carbocycles. The first-order chi connectivity index (χ1) is 21.4. The number of thioether (sulfide) groups is 1. The maximum absolute atomic E-state index is 13.3. The molecule has 0 radical (unpaired) electrons. The molecule has 1 atom stereocenters. The number of nitrogens with zero attached hydrogens (tertiary/aromatic N) is 2. The standard InChI is InChI=1S/C30H30FN5O6S2/c31-20-3-7-23(8-4-20)42-22-5-1-19(2-6-22)27(38)34-16-26(37)36-18-30(40-10-11-41-30)14-25(36)28(39)33-15-24-13-21(17-44-24)35-29-32-9-12-43-29/h1-8,13,17,25H,9-12,14-16,18H2,(H,32,35)(H,33,39)(H,34,38)/t25-/m0/s1. The summed E-state index contributed by atoms with van der Waals surface area (Å²) in [7, 11) is 0. The van der Waals surface area contributed by atoms with E-state index in [-0.39, 0.29) is 31.2 Å². The highest BCUT2D eigenvalue weighted by Gasteiger charge is 2.52. The first-order valence-electron chi connectivity index (χ1n) is 14.0. The van der Waals surface area contributed by atoms with Crippen molar-refractivity contribution in [2.24, 2.45) is 4.99 Å². The number of hydrogen-bond donors (Lipinski definition) is 3. The topological polar surface area (TPSA) is 131 Å². The zero-order chi connectivity index (χ0) is 30.5. The minimum absolute atomic E-state index is 0.0854. The molecule has 44 heavy (non-hydrogen) atoms. The molecule has 2 saturated heterocycles. The third-order valence-corrected chi connectivity index (χ3v) is 9.05. The second kappa shape index (κ2) is 13.3. The Morgan fingerprint density at radius 1 is 1.05 bits per heavy atom. The average Bonchev–Trinajstić information content (AvgIpc) is 3.86. The maximum atomic E-state index is 13.3. The lowest BCUT2D eigenvalue weighted by Crippen LogP contribution is -2.49. The number of rotatable bonds is 9. The predicted octanol–water partition coefficient (Wildman–Crippen LogP) is 3.58. The summed E-state index contributed by atoms with van der Waals surface area (Å²) in [6.07, 6.45) is 0.197. The Labute approximate surface area is 261 Å². The van der Waals surface area contributed by atoms with Crippen LogP contribution in [0.3, 0.4) is 0 Å². The molecule has 0 unspecified atom stereocenters. The molecule has 3 N–H and O–H groups in total. The quantitative estimate of drug-likeness (QED) is 0.324. The fourth-order valence-corrected chi connectivity index (χ4v) is 6.58. The number of hydrogen-bond acceptors (Lipinski definition) is 10. The molecule has 0 bridgehead atoms. The van der Waals surface area contributed by atoms with Crippen molar-refractivity contribution in [2.75, 3.05) is 43.9 Å². The lowest BCUT2D eigenvalue weighted by Gasteiger charge is -2.24. The Kier molecular flexibility index (Phi) is 9.12. The number of aliphatic imine (C=N–C) groups is 1. The summed E-state index contributed by atoms with van der Waals surface area (Å²) in [6, 6.07) is 13.1. The summed E-state index contributed by atoms with van der Waals surface area (Å²) in [5.74, 6) is -0.729. The van der Waals surface area contributed by atoms with E-state index in [0.717, 1.165) is 28.0 Å². The van der Waals surface area contributed by atoms with Crippen molar-refractivity contribution in [3.63, 3.8) is 0 Å². The van der Waals surface area contributed by atoms with Crippen LogP contribution in [0.5, 0.6) is 11.5 Å². The van der Waals surface area contributed by atoms with Crippen LogP contribution in [-0.2, 0) is 25.6 Å². The number of ether oxygens (including phenoxy) is 3. The second-order valence-electron chi connectivity index (χ2n) is 10.3. The summed E-state index contributed by atoms with van der Waals surface area (Å²) >= 11 is 3.18. The zero-order valence-electron chi connectivity index (χ0n) is 23.5. The summed E-state index contributed by atoms with van der Waals surface area (Å²) < 4.78 is 30.4. The van der Waals surface area contributed by atoms with Gasteiger partial charge in [-0.25, -0.2) is 4.39 Å². The van der Waals surface area contributed by atoms with Gasteiger partial charge in [0.05, 0.1) is 45.1 Å². The van der Waals surface area contributed by atoms with Crippen molar-refractivity contribution in [1.29, 1.82) is 0 Å². The number of likely N-dealkylation sites (tertiary alicyclic amines) is 1. The van der Waals surface area contributed by atoms with E-state index in [1.54, 1.807) is 36.0 Å². The van der Waals surface area contributed by atoms with E-state index >= 15 is 0 Å². The second-order valence-corrected chi connectivity index (χ2v) is 12.4. The van der Waals surface area contributed by atoms with Crippen LogP contribution in [0.15, 0.2) is 65.0 Å². The van der Waals surface area contributed by atoms with Crippen molar-refractivity contribution >= 4 is 51.7 Å². The van der Waals surface area contributed by atoms with Crippen LogP contribution in [0.2, 0.25) is 0 Å². The van der Waals surface area contributed by atoms with Gasteiger partial charge in [-0.2, -0.15) is 0 Å². The van der Waals surface area contributed by atoms with E-state index in [2.05, 4.69) is 20.9 Å². The minimum atomic E-state index is -1.04. The van der Waals surface area contributed by atoms with Crippen LogP contribution in [0, 0.1) is 5.82 Å². The van der Waals surface area contributed by atoms with E-state index < -0.39 is 23.6 Å². The Morgan fingerprint density at radius 3 is 2.48 bits per heavy atom. The summed E-state index contributed by atoms with van der Waals surface area (Å²) in [4.78, 5) is 46.2. The van der Waals surface area contributed by atoms with Crippen molar-refractivity contribution < 1.29 is 33.0 Å². The highest BCUT2D eigenvalue weighted by atomic mass is 32.2. The summed E-state index contributed by atoms with van der Waals surface area (Å²) in [5, 5.41) is 11.7. The number of amides is 3. The molecular weight excluding hydrogens is 609 g/mol. The highest BCUT2D eigenvalue weighted by Crippen LogP contribution is 2.35. The van der Waals surface area contributed by atoms with E-state index in [1.807, 2.05) is 11.4 Å². The van der Waals surface area contributed by atoms with E-state index in [0.29, 0.717) is 36.8 Å².